The van der Waals surface area contributed by atoms with Crippen LogP contribution in [-0.4, -0.2) is 28.3 Å². The summed E-state index contributed by atoms with van der Waals surface area (Å²) in [4.78, 5) is 29.3. The Morgan fingerprint density at radius 2 is 2.48 bits per heavy atom. The molecular formula is C14H14N2O3S2. The maximum atomic E-state index is 12.1. The van der Waals surface area contributed by atoms with E-state index in [0.29, 0.717) is 29.6 Å². The van der Waals surface area contributed by atoms with Gasteiger partial charge in [0.25, 0.3) is 0 Å². The fourth-order valence-electron chi connectivity index (χ4n) is 2.24. The third-order valence-electron chi connectivity index (χ3n) is 3.22. The minimum Gasteiger partial charge on any atom is -0.463 e. The molecule has 1 unspecified atom stereocenters. The Morgan fingerprint density at radius 3 is 3.19 bits per heavy atom. The van der Waals surface area contributed by atoms with Gasteiger partial charge in [0.05, 0.1) is 6.26 Å². The fourth-order valence-corrected chi connectivity index (χ4v) is 3.77. The molecule has 0 N–H and O–H groups in total. The number of thiazole rings is 1. The van der Waals surface area contributed by atoms with Crippen molar-refractivity contribution in [1.82, 2.24) is 4.98 Å². The molecule has 110 valence electrons. The molecule has 7 heteroatoms. The number of thioether (sulfide) groups is 1. The molecule has 0 saturated carbocycles. The summed E-state index contributed by atoms with van der Waals surface area (Å²) in [5.41, 5.74) is 0.745. The SMILES string of the molecule is CC(=O)SCC1CC(=O)N(c2nc(-c3ccco3)cs2)C1. The van der Waals surface area contributed by atoms with Crippen molar-refractivity contribution in [3.05, 3.63) is 23.8 Å². The summed E-state index contributed by atoms with van der Waals surface area (Å²) in [6, 6.07) is 3.65. The molecule has 21 heavy (non-hydrogen) atoms. The van der Waals surface area contributed by atoms with Crippen LogP contribution in [0.1, 0.15) is 13.3 Å². The molecule has 5 nitrogen and oxygen atoms in total. The van der Waals surface area contributed by atoms with Gasteiger partial charge in [-0.3, -0.25) is 14.5 Å². The number of amides is 1. The number of rotatable bonds is 4. The molecule has 1 fully saturated rings. The van der Waals surface area contributed by atoms with Gasteiger partial charge >= 0.3 is 0 Å². The number of anilines is 1. The Balaban J connectivity index is 1.70. The van der Waals surface area contributed by atoms with Crippen molar-refractivity contribution in [2.24, 2.45) is 5.92 Å². The zero-order chi connectivity index (χ0) is 14.8. The molecule has 0 radical (unpaired) electrons. The topological polar surface area (TPSA) is 63.4 Å². The lowest BCUT2D eigenvalue weighted by Crippen LogP contribution is -2.24. The molecule has 1 saturated heterocycles. The number of aromatic nitrogens is 1. The Morgan fingerprint density at radius 1 is 1.62 bits per heavy atom. The molecule has 2 aromatic heterocycles. The standard InChI is InChI=1S/C14H14N2O3S2/c1-9(17)20-7-10-5-13(18)16(6-10)14-15-11(8-21-14)12-3-2-4-19-12/h2-4,8,10H,5-7H2,1H3. The predicted molar refractivity (Wildman–Crippen MR) is 83.4 cm³/mol. The van der Waals surface area contributed by atoms with E-state index in [1.54, 1.807) is 18.1 Å². The monoisotopic (exact) mass is 322 g/mol. The Bertz CT molecular complexity index is 651. The minimum atomic E-state index is 0.0736. The van der Waals surface area contributed by atoms with Crippen LogP contribution in [0.15, 0.2) is 28.2 Å². The molecule has 2 aromatic rings. The van der Waals surface area contributed by atoms with E-state index >= 15 is 0 Å². The van der Waals surface area contributed by atoms with Gasteiger partial charge in [-0.15, -0.1) is 11.3 Å². The minimum absolute atomic E-state index is 0.0736. The molecule has 0 aliphatic carbocycles. The zero-order valence-electron chi connectivity index (χ0n) is 11.4. The third-order valence-corrected chi connectivity index (χ3v) is 5.13. The van der Waals surface area contributed by atoms with Crippen LogP contribution in [0.25, 0.3) is 11.5 Å². The van der Waals surface area contributed by atoms with Crippen molar-refractivity contribution in [3.63, 3.8) is 0 Å². The lowest BCUT2D eigenvalue weighted by atomic mass is 10.1. The van der Waals surface area contributed by atoms with E-state index < -0.39 is 0 Å². The first kappa shape index (κ1) is 14.3. The average molecular weight is 322 g/mol. The van der Waals surface area contributed by atoms with E-state index in [2.05, 4.69) is 4.98 Å². The molecule has 1 amide bonds. The van der Waals surface area contributed by atoms with Gasteiger partial charge in [-0.1, -0.05) is 11.8 Å². The van der Waals surface area contributed by atoms with Crippen molar-refractivity contribution in [1.29, 1.82) is 0 Å². The second-order valence-corrected chi connectivity index (χ2v) is 6.90. The zero-order valence-corrected chi connectivity index (χ0v) is 13.1. The maximum absolute atomic E-state index is 12.1. The van der Waals surface area contributed by atoms with Crippen LogP contribution in [0.2, 0.25) is 0 Å². The highest BCUT2D eigenvalue weighted by Gasteiger charge is 2.32. The molecule has 3 rings (SSSR count). The molecular weight excluding hydrogens is 308 g/mol. The summed E-state index contributed by atoms with van der Waals surface area (Å²) in [5, 5.41) is 2.68. The van der Waals surface area contributed by atoms with Gasteiger partial charge in [-0.25, -0.2) is 4.98 Å². The summed E-state index contributed by atoms with van der Waals surface area (Å²) in [5.74, 6) is 1.67. The van der Waals surface area contributed by atoms with Crippen LogP contribution in [0.4, 0.5) is 5.13 Å². The first-order valence-electron chi connectivity index (χ1n) is 6.56. The summed E-state index contributed by atoms with van der Waals surface area (Å²) in [6.45, 7) is 2.18. The lowest BCUT2D eigenvalue weighted by Gasteiger charge is -2.12. The summed E-state index contributed by atoms with van der Waals surface area (Å²) < 4.78 is 5.31. The van der Waals surface area contributed by atoms with Crippen LogP contribution < -0.4 is 4.90 Å². The van der Waals surface area contributed by atoms with Crippen molar-refractivity contribution in [2.45, 2.75) is 13.3 Å². The Labute approximate surface area is 130 Å². The lowest BCUT2D eigenvalue weighted by molar-refractivity contribution is -0.117. The van der Waals surface area contributed by atoms with Gasteiger partial charge in [0.2, 0.25) is 5.91 Å². The van der Waals surface area contributed by atoms with Crippen LogP contribution in [0.5, 0.6) is 0 Å². The van der Waals surface area contributed by atoms with Crippen LogP contribution in [0, 0.1) is 5.92 Å². The van der Waals surface area contributed by atoms with Crippen molar-refractivity contribution >= 4 is 39.3 Å². The molecule has 0 bridgehead atoms. The molecule has 0 aromatic carbocycles. The maximum Gasteiger partial charge on any atom is 0.229 e. The second kappa shape index (κ2) is 6.03. The highest BCUT2D eigenvalue weighted by molar-refractivity contribution is 8.13. The number of hydrogen-bond acceptors (Lipinski definition) is 6. The van der Waals surface area contributed by atoms with E-state index in [1.807, 2.05) is 17.5 Å². The largest absolute Gasteiger partial charge is 0.463 e. The Hall–Kier alpha value is -1.60. The smallest absolute Gasteiger partial charge is 0.229 e. The number of furan rings is 1. The number of carbonyl (C=O) groups excluding carboxylic acids is 2. The van der Waals surface area contributed by atoms with Crippen LogP contribution in [0.3, 0.4) is 0 Å². The molecule has 1 atom stereocenters. The van der Waals surface area contributed by atoms with Gasteiger partial charge in [0.15, 0.2) is 16.0 Å². The van der Waals surface area contributed by atoms with Gasteiger partial charge in [-0.2, -0.15) is 0 Å². The molecule has 3 heterocycles. The van der Waals surface area contributed by atoms with Crippen LogP contribution in [-0.2, 0) is 9.59 Å². The quantitative estimate of drug-likeness (QED) is 0.866. The van der Waals surface area contributed by atoms with Crippen molar-refractivity contribution in [2.75, 3.05) is 17.2 Å². The highest BCUT2D eigenvalue weighted by Crippen LogP contribution is 2.32. The normalized spacial score (nSPS) is 18.4. The summed E-state index contributed by atoms with van der Waals surface area (Å²) >= 11 is 2.72. The third kappa shape index (κ3) is 3.19. The van der Waals surface area contributed by atoms with Crippen molar-refractivity contribution in [3.8, 4) is 11.5 Å². The van der Waals surface area contributed by atoms with Gasteiger partial charge in [0.1, 0.15) is 5.69 Å². The van der Waals surface area contributed by atoms with E-state index in [0.717, 1.165) is 5.69 Å². The van der Waals surface area contributed by atoms with Gasteiger partial charge in [-0.05, 0) is 18.1 Å². The average Bonchev–Trinajstić information content (AvgIpc) is 3.16. The van der Waals surface area contributed by atoms with Crippen molar-refractivity contribution < 1.29 is 14.0 Å². The number of nitrogens with zero attached hydrogens (tertiary/aromatic N) is 2. The van der Waals surface area contributed by atoms with E-state index in [4.69, 9.17) is 4.42 Å². The second-order valence-electron chi connectivity index (χ2n) is 4.87. The van der Waals surface area contributed by atoms with E-state index in [9.17, 15) is 9.59 Å². The fraction of sp³-hybridized carbons (Fsp3) is 0.357. The first-order valence-corrected chi connectivity index (χ1v) is 8.43. The first-order chi connectivity index (χ1) is 10.1. The predicted octanol–water partition coefficient (Wildman–Crippen LogP) is 3.04. The van der Waals surface area contributed by atoms with Crippen LogP contribution >= 0.6 is 23.1 Å². The molecule has 0 spiro atoms. The molecule has 1 aliphatic rings. The summed E-state index contributed by atoms with van der Waals surface area (Å²) in [7, 11) is 0. The highest BCUT2D eigenvalue weighted by atomic mass is 32.2. The summed E-state index contributed by atoms with van der Waals surface area (Å²) in [6.07, 6.45) is 2.08. The van der Waals surface area contributed by atoms with E-state index in [-0.39, 0.29) is 16.9 Å². The number of carbonyl (C=O) groups is 2. The van der Waals surface area contributed by atoms with Gasteiger partial charge < -0.3 is 4.42 Å². The van der Waals surface area contributed by atoms with E-state index in [1.165, 1.54) is 23.1 Å². The molecule has 1 aliphatic heterocycles. The Kier molecular flexibility index (Phi) is 4.12. The number of hydrogen-bond donors (Lipinski definition) is 0. The van der Waals surface area contributed by atoms with Gasteiger partial charge in [0, 0.05) is 31.0 Å².